The van der Waals surface area contributed by atoms with E-state index in [1.165, 1.54) is 10.6 Å². The third kappa shape index (κ3) is 2.29. The van der Waals surface area contributed by atoms with Crippen molar-refractivity contribution >= 4 is 5.97 Å². The van der Waals surface area contributed by atoms with Gasteiger partial charge in [-0.1, -0.05) is 0 Å². The number of nitrogens with zero attached hydrogens (tertiary/aromatic N) is 3. The third-order valence-electron chi connectivity index (χ3n) is 2.32. The van der Waals surface area contributed by atoms with Gasteiger partial charge in [-0.3, -0.25) is 9.89 Å². The lowest BCUT2D eigenvalue weighted by Gasteiger charge is -1.97. The van der Waals surface area contributed by atoms with Crippen molar-refractivity contribution in [3.05, 3.63) is 34.5 Å². The molecule has 94 valence electrons. The number of carbonyl (C=O) groups is 1. The molecule has 0 amide bonds. The van der Waals surface area contributed by atoms with E-state index in [0.717, 1.165) is 0 Å². The first kappa shape index (κ1) is 12.0. The van der Waals surface area contributed by atoms with E-state index in [1.807, 2.05) is 0 Å². The minimum absolute atomic E-state index is 0.0209. The minimum atomic E-state index is -0.569. The number of hydrogen-bond acceptors (Lipinski definition) is 5. The van der Waals surface area contributed by atoms with Crippen LogP contribution in [0.25, 0.3) is 11.4 Å². The largest absolute Gasteiger partial charge is 0.460 e. The van der Waals surface area contributed by atoms with Crippen LogP contribution in [0.3, 0.4) is 0 Å². The van der Waals surface area contributed by atoms with Crippen molar-refractivity contribution in [2.24, 2.45) is 7.05 Å². The van der Waals surface area contributed by atoms with Crippen LogP contribution in [-0.2, 0) is 11.8 Å². The zero-order chi connectivity index (χ0) is 13.1. The summed E-state index contributed by atoms with van der Waals surface area (Å²) in [6.45, 7) is 1.97. The van der Waals surface area contributed by atoms with Crippen LogP contribution in [-0.4, -0.2) is 32.3 Å². The highest BCUT2D eigenvalue weighted by atomic mass is 16.5. The fraction of sp³-hybridized carbons (Fsp3) is 0.273. The lowest BCUT2D eigenvalue weighted by atomic mass is 10.2. The zero-order valence-electron chi connectivity index (χ0n) is 10.0. The summed E-state index contributed by atoms with van der Waals surface area (Å²) in [6.07, 6.45) is 1.61. The molecule has 0 saturated heterocycles. The molecule has 2 heterocycles. The molecule has 18 heavy (non-hydrogen) atoms. The van der Waals surface area contributed by atoms with E-state index in [1.54, 1.807) is 26.2 Å². The summed E-state index contributed by atoms with van der Waals surface area (Å²) in [5.41, 5.74) is 0.375. The Morgan fingerprint density at radius 1 is 1.56 bits per heavy atom. The first-order valence-electron chi connectivity index (χ1n) is 5.38. The maximum absolute atomic E-state index is 11.5. The highest BCUT2D eigenvalue weighted by Gasteiger charge is 2.13. The molecule has 0 aliphatic rings. The van der Waals surface area contributed by atoms with Gasteiger partial charge in [0.1, 0.15) is 0 Å². The maximum atomic E-state index is 11.5. The molecule has 0 aromatic carbocycles. The average Bonchev–Trinajstić information content (AvgIpc) is 2.82. The molecule has 0 fully saturated rings. The van der Waals surface area contributed by atoms with Gasteiger partial charge in [-0.05, 0) is 13.0 Å². The van der Waals surface area contributed by atoms with Crippen LogP contribution in [0, 0.1) is 0 Å². The summed E-state index contributed by atoms with van der Waals surface area (Å²) in [6, 6.07) is 3.09. The number of nitrogens with one attached hydrogen (secondary N) is 1. The van der Waals surface area contributed by atoms with Gasteiger partial charge in [0.2, 0.25) is 5.82 Å². The van der Waals surface area contributed by atoms with Crippen molar-refractivity contribution < 1.29 is 9.53 Å². The van der Waals surface area contributed by atoms with Gasteiger partial charge in [-0.15, -0.1) is 0 Å². The number of H-pyrrole nitrogens is 1. The molecule has 2 aromatic rings. The molecule has 0 spiro atoms. The average molecular weight is 248 g/mol. The van der Waals surface area contributed by atoms with E-state index >= 15 is 0 Å². The minimum Gasteiger partial charge on any atom is -0.460 e. The molecule has 0 saturated carbocycles. The molecule has 0 atom stereocenters. The van der Waals surface area contributed by atoms with Crippen LogP contribution < -0.4 is 5.56 Å². The maximum Gasteiger partial charge on any atom is 0.375 e. The van der Waals surface area contributed by atoms with Gasteiger partial charge in [0, 0.05) is 24.9 Å². The van der Waals surface area contributed by atoms with Gasteiger partial charge >= 0.3 is 5.97 Å². The monoisotopic (exact) mass is 248 g/mol. The summed E-state index contributed by atoms with van der Waals surface area (Å²) in [7, 11) is 1.65. The second-order valence-electron chi connectivity index (χ2n) is 3.59. The van der Waals surface area contributed by atoms with Crippen molar-refractivity contribution in [1.29, 1.82) is 0 Å². The lowest BCUT2D eigenvalue weighted by Crippen LogP contribution is -2.14. The fourth-order valence-electron chi connectivity index (χ4n) is 1.37. The quantitative estimate of drug-likeness (QED) is 0.791. The van der Waals surface area contributed by atoms with Crippen LogP contribution >= 0.6 is 0 Å². The number of carbonyl (C=O) groups excluding carboxylic acids is 1. The van der Waals surface area contributed by atoms with Crippen LogP contribution in [0.4, 0.5) is 0 Å². The zero-order valence-corrected chi connectivity index (χ0v) is 10.0. The summed E-state index contributed by atoms with van der Waals surface area (Å²) < 4.78 is 6.21. The molecule has 0 aliphatic carbocycles. The van der Waals surface area contributed by atoms with Crippen LogP contribution in [0.2, 0.25) is 0 Å². The molecule has 2 rings (SSSR count). The molecule has 2 aromatic heterocycles. The molecule has 0 radical (unpaired) electrons. The van der Waals surface area contributed by atoms with Gasteiger partial charge in [-0.25, -0.2) is 9.78 Å². The first-order chi connectivity index (χ1) is 8.61. The van der Waals surface area contributed by atoms with E-state index in [-0.39, 0.29) is 23.8 Å². The first-order valence-corrected chi connectivity index (χ1v) is 5.38. The van der Waals surface area contributed by atoms with Crippen molar-refractivity contribution in [2.75, 3.05) is 6.61 Å². The van der Waals surface area contributed by atoms with Gasteiger partial charge in [0.25, 0.3) is 5.56 Å². The highest BCUT2D eigenvalue weighted by Crippen LogP contribution is 2.11. The Hall–Kier alpha value is -2.44. The lowest BCUT2D eigenvalue weighted by molar-refractivity contribution is 0.0512. The number of pyridine rings is 1. The predicted octanol–water partition coefficient (Wildman–Crippen LogP) is 0.347. The standard InChI is InChI=1S/C11H12N4O3/c1-3-18-11(17)10-12-9(13-14-10)7-4-5-15(2)8(16)6-7/h4-6H,3H2,1-2H3,(H,12,13,14). The second kappa shape index (κ2) is 4.82. The van der Waals surface area contributed by atoms with Gasteiger partial charge in [0.05, 0.1) is 6.61 Å². The van der Waals surface area contributed by atoms with Crippen molar-refractivity contribution in [1.82, 2.24) is 19.7 Å². The van der Waals surface area contributed by atoms with Crippen LogP contribution in [0.5, 0.6) is 0 Å². The number of aromatic nitrogens is 4. The van der Waals surface area contributed by atoms with Gasteiger partial charge in [-0.2, -0.15) is 5.10 Å². The number of aromatic amines is 1. The smallest absolute Gasteiger partial charge is 0.375 e. The number of rotatable bonds is 3. The Morgan fingerprint density at radius 3 is 3.00 bits per heavy atom. The van der Waals surface area contributed by atoms with Crippen LogP contribution in [0.15, 0.2) is 23.1 Å². The number of aryl methyl sites for hydroxylation is 1. The van der Waals surface area contributed by atoms with Gasteiger partial charge < -0.3 is 9.30 Å². The Balaban J connectivity index is 2.32. The molecule has 0 aliphatic heterocycles. The van der Waals surface area contributed by atoms with E-state index < -0.39 is 5.97 Å². The molecular formula is C11H12N4O3. The Kier molecular flexibility index (Phi) is 3.22. The van der Waals surface area contributed by atoms with Crippen molar-refractivity contribution in [3.8, 4) is 11.4 Å². The van der Waals surface area contributed by atoms with Gasteiger partial charge in [0.15, 0.2) is 5.82 Å². The molecule has 7 heteroatoms. The van der Waals surface area contributed by atoms with E-state index in [2.05, 4.69) is 15.2 Å². The second-order valence-corrected chi connectivity index (χ2v) is 3.59. The molecule has 0 unspecified atom stereocenters. The summed E-state index contributed by atoms with van der Waals surface area (Å²) >= 11 is 0. The van der Waals surface area contributed by atoms with Crippen molar-refractivity contribution in [2.45, 2.75) is 6.92 Å². The topological polar surface area (TPSA) is 89.9 Å². The highest BCUT2D eigenvalue weighted by molar-refractivity contribution is 5.85. The summed E-state index contributed by atoms with van der Waals surface area (Å²) in [4.78, 5) is 26.8. The van der Waals surface area contributed by atoms with E-state index in [4.69, 9.17) is 4.74 Å². The summed E-state index contributed by atoms with van der Waals surface area (Å²) in [5, 5.41) is 6.35. The Bertz CT molecular complexity index is 629. The normalized spacial score (nSPS) is 10.3. The molecule has 7 nitrogen and oxygen atoms in total. The Labute approximate surface area is 102 Å². The molecule has 0 bridgehead atoms. The SMILES string of the molecule is CCOC(=O)c1nc(-c2ccn(C)c(=O)c2)n[nH]1. The van der Waals surface area contributed by atoms with E-state index in [9.17, 15) is 9.59 Å². The predicted molar refractivity (Wildman–Crippen MR) is 63.0 cm³/mol. The number of esters is 1. The number of ether oxygens (including phenoxy) is 1. The third-order valence-corrected chi connectivity index (χ3v) is 2.32. The summed E-state index contributed by atoms with van der Waals surface area (Å²) in [5.74, 6) is -0.261. The number of hydrogen-bond donors (Lipinski definition) is 1. The molecular weight excluding hydrogens is 236 g/mol. The Morgan fingerprint density at radius 2 is 2.33 bits per heavy atom. The molecule has 1 N–H and O–H groups in total. The van der Waals surface area contributed by atoms with Crippen molar-refractivity contribution in [3.63, 3.8) is 0 Å². The fourth-order valence-corrected chi connectivity index (χ4v) is 1.37. The van der Waals surface area contributed by atoms with Crippen LogP contribution in [0.1, 0.15) is 17.5 Å². The van der Waals surface area contributed by atoms with E-state index in [0.29, 0.717) is 5.56 Å².